The second-order valence-electron chi connectivity index (χ2n) is 5.72. The van der Waals surface area contributed by atoms with Crippen LogP contribution in [0.1, 0.15) is 41.1 Å². The number of amides is 1. The molecule has 1 aromatic rings. The van der Waals surface area contributed by atoms with Gasteiger partial charge in [0, 0.05) is 24.6 Å². The summed E-state index contributed by atoms with van der Waals surface area (Å²) in [6.07, 6.45) is -0.270. The second kappa shape index (κ2) is 7.80. The fourth-order valence-corrected chi connectivity index (χ4v) is 1.76. The molecule has 0 bridgehead atoms. The third-order valence-electron chi connectivity index (χ3n) is 3.35. The summed E-state index contributed by atoms with van der Waals surface area (Å²) in [5.74, 6) is -2.50. The third-order valence-corrected chi connectivity index (χ3v) is 3.35. The van der Waals surface area contributed by atoms with Crippen LogP contribution in [0.4, 0.5) is 0 Å². The van der Waals surface area contributed by atoms with Crippen LogP contribution in [0.3, 0.4) is 0 Å². The number of aromatic nitrogens is 1. The number of carbonyl (C=O) groups excluding carboxylic acids is 2. The van der Waals surface area contributed by atoms with Crippen LogP contribution >= 0.6 is 0 Å². The highest BCUT2D eigenvalue weighted by Crippen LogP contribution is 2.19. The molecular weight excluding hydrogens is 304 g/mol. The van der Waals surface area contributed by atoms with E-state index in [0.717, 1.165) is 0 Å². The minimum Gasteiger partial charge on any atom is -0.478 e. The molecule has 1 aromatic heterocycles. The van der Waals surface area contributed by atoms with Crippen molar-refractivity contribution in [3.63, 3.8) is 0 Å². The highest BCUT2D eigenvalue weighted by Gasteiger charge is 2.32. The first-order chi connectivity index (χ1) is 10.7. The van der Waals surface area contributed by atoms with Gasteiger partial charge in [0.05, 0.1) is 12.2 Å². The molecule has 0 aliphatic rings. The van der Waals surface area contributed by atoms with E-state index in [4.69, 9.17) is 10.2 Å². The Labute approximate surface area is 133 Å². The highest BCUT2D eigenvalue weighted by molar-refractivity contribution is 6.04. The summed E-state index contributed by atoms with van der Waals surface area (Å²) in [5, 5.41) is 30.3. The maximum atomic E-state index is 12.0. The van der Waals surface area contributed by atoms with Crippen molar-refractivity contribution in [1.29, 1.82) is 0 Å². The Bertz CT molecular complexity index is 599. The lowest BCUT2D eigenvalue weighted by atomic mass is 9.87. The molecule has 23 heavy (non-hydrogen) atoms. The molecule has 0 spiro atoms. The Kier molecular flexibility index (Phi) is 6.35. The molecule has 126 valence electrons. The van der Waals surface area contributed by atoms with Crippen molar-refractivity contribution in [2.24, 2.45) is 5.41 Å². The number of carboxylic acid groups (broad SMARTS) is 1. The van der Waals surface area contributed by atoms with E-state index in [1.165, 1.54) is 32.2 Å². The van der Waals surface area contributed by atoms with Crippen LogP contribution in [0.2, 0.25) is 0 Å². The standard InChI is InChI=1S/C15H20N2O6/c1-15(2,8-18)12(20)13(21)17-7-5-10(19)11-9(14(22)23)4-3-6-16-11/h3-4,6,12,18,20H,5,7-8H2,1-2H3,(H,17,21)(H,22,23)/t12-/m1/s1. The summed E-state index contributed by atoms with van der Waals surface area (Å²) in [6, 6.07) is 2.68. The summed E-state index contributed by atoms with van der Waals surface area (Å²) in [4.78, 5) is 38.5. The molecule has 0 unspecified atom stereocenters. The number of ketones is 1. The molecule has 0 aromatic carbocycles. The lowest BCUT2D eigenvalue weighted by Crippen LogP contribution is -2.46. The summed E-state index contributed by atoms with van der Waals surface area (Å²) in [7, 11) is 0. The number of hydrogen-bond acceptors (Lipinski definition) is 6. The number of nitrogens with one attached hydrogen (secondary N) is 1. The smallest absolute Gasteiger partial charge is 0.338 e. The highest BCUT2D eigenvalue weighted by atomic mass is 16.4. The monoisotopic (exact) mass is 324 g/mol. The van der Waals surface area contributed by atoms with Gasteiger partial charge in [-0.1, -0.05) is 13.8 Å². The summed E-state index contributed by atoms with van der Waals surface area (Å²) in [6.45, 7) is 2.59. The van der Waals surface area contributed by atoms with Gasteiger partial charge in [-0.25, -0.2) is 4.79 Å². The van der Waals surface area contributed by atoms with E-state index in [0.29, 0.717) is 0 Å². The lowest BCUT2D eigenvalue weighted by molar-refractivity contribution is -0.137. The van der Waals surface area contributed by atoms with E-state index < -0.39 is 29.2 Å². The number of hydrogen-bond donors (Lipinski definition) is 4. The number of nitrogens with zero attached hydrogens (tertiary/aromatic N) is 1. The molecule has 0 fully saturated rings. The molecule has 4 N–H and O–H groups in total. The zero-order valence-corrected chi connectivity index (χ0v) is 12.9. The molecule has 0 aliphatic heterocycles. The number of pyridine rings is 1. The van der Waals surface area contributed by atoms with Crippen molar-refractivity contribution >= 4 is 17.7 Å². The van der Waals surface area contributed by atoms with Gasteiger partial charge in [-0.2, -0.15) is 0 Å². The Morgan fingerprint density at radius 3 is 2.57 bits per heavy atom. The molecular formula is C15H20N2O6. The zero-order valence-electron chi connectivity index (χ0n) is 12.9. The van der Waals surface area contributed by atoms with Crippen molar-refractivity contribution in [1.82, 2.24) is 10.3 Å². The van der Waals surface area contributed by atoms with Crippen molar-refractivity contribution in [2.45, 2.75) is 26.4 Å². The van der Waals surface area contributed by atoms with Crippen molar-refractivity contribution in [2.75, 3.05) is 13.2 Å². The van der Waals surface area contributed by atoms with Gasteiger partial charge in [0.25, 0.3) is 0 Å². The SMILES string of the molecule is CC(C)(CO)[C@H](O)C(=O)NCCC(=O)c1ncccc1C(=O)O. The molecule has 8 nitrogen and oxygen atoms in total. The van der Waals surface area contributed by atoms with Crippen LogP contribution in [0.15, 0.2) is 18.3 Å². The molecule has 0 radical (unpaired) electrons. The molecule has 0 saturated carbocycles. The van der Waals surface area contributed by atoms with Gasteiger partial charge in [-0.3, -0.25) is 14.6 Å². The number of carbonyl (C=O) groups is 3. The van der Waals surface area contributed by atoms with Crippen LogP contribution in [0.25, 0.3) is 0 Å². The first-order valence-corrected chi connectivity index (χ1v) is 6.99. The van der Waals surface area contributed by atoms with Gasteiger partial charge in [0.15, 0.2) is 5.78 Å². The molecule has 1 amide bonds. The van der Waals surface area contributed by atoms with Crippen LogP contribution < -0.4 is 5.32 Å². The first kappa shape index (κ1) is 18.7. The fourth-order valence-electron chi connectivity index (χ4n) is 1.76. The van der Waals surface area contributed by atoms with E-state index in [1.807, 2.05) is 0 Å². The largest absolute Gasteiger partial charge is 0.478 e. The number of rotatable bonds is 8. The Balaban J connectivity index is 2.62. The topological polar surface area (TPSA) is 137 Å². The lowest BCUT2D eigenvalue weighted by Gasteiger charge is -2.27. The van der Waals surface area contributed by atoms with E-state index in [2.05, 4.69) is 10.3 Å². The average molecular weight is 324 g/mol. The van der Waals surface area contributed by atoms with Gasteiger partial charge in [-0.05, 0) is 12.1 Å². The number of aliphatic hydroxyl groups excluding tert-OH is 2. The predicted molar refractivity (Wildman–Crippen MR) is 80.0 cm³/mol. The quantitative estimate of drug-likeness (QED) is 0.488. The van der Waals surface area contributed by atoms with E-state index in [-0.39, 0.29) is 30.8 Å². The summed E-state index contributed by atoms with van der Waals surface area (Å²) >= 11 is 0. The van der Waals surface area contributed by atoms with E-state index >= 15 is 0 Å². The molecule has 1 atom stereocenters. The molecule has 1 heterocycles. The summed E-state index contributed by atoms with van der Waals surface area (Å²) in [5.41, 5.74) is -1.39. The molecule has 8 heteroatoms. The predicted octanol–water partition coefficient (Wildman–Crippen LogP) is -0.152. The van der Waals surface area contributed by atoms with E-state index in [9.17, 15) is 19.5 Å². The Morgan fingerprint density at radius 1 is 1.35 bits per heavy atom. The fraction of sp³-hybridized carbons (Fsp3) is 0.467. The molecule has 1 rings (SSSR count). The van der Waals surface area contributed by atoms with Crippen LogP contribution in [0, 0.1) is 5.41 Å². The van der Waals surface area contributed by atoms with Crippen LogP contribution in [-0.2, 0) is 4.79 Å². The maximum Gasteiger partial charge on any atom is 0.338 e. The van der Waals surface area contributed by atoms with Crippen LogP contribution in [-0.4, -0.2) is 57.2 Å². The van der Waals surface area contributed by atoms with Crippen molar-refractivity contribution in [3.8, 4) is 0 Å². The van der Waals surface area contributed by atoms with Gasteiger partial charge >= 0.3 is 5.97 Å². The van der Waals surface area contributed by atoms with Crippen molar-refractivity contribution in [3.05, 3.63) is 29.6 Å². The number of carboxylic acids is 1. The van der Waals surface area contributed by atoms with Gasteiger partial charge in [0.1, 0.15) is 11.8 Å². The average Bonchev–Trinajstić information content (AvgIpc) is 2.53. The van der Waals surface area contributed by atoms with Gasteiger partial charge < -0.3 is 20.6 Å². The van der Waals surface area contributed by atoms with Crippen LogP contribution in [0.5, 0.6) is 0 Å². The minimum absolute atomic E-state index is 0.0775. The second-order valence-corrected chi connectivity index (χ2v) is 5.72. The first-order valence-electron chi connectivity index (χ1n) is 6.99. The normalized spacial score (nSPS) is 12.5. The Morgan fingerprint density at radius 2 is 2.00 bits per heavy atom. The number of aromatic carboxylic acids is 1. The van der Waals surface area contributed by atoms with Gasteiger partial charge in [-0.15, -0.1) is 0 Å². The maximum absolute atomic E-state index is 12.0. The minimum atomic E-state index is -1.42. The molecule has 0 saturated heterocycles. The number of aliphatic hydroxyl groups is 2. The molecule has 0 aliphatic carbocycles. The zero-order chi connectivity index (χ0) is 17.6. The Hall–Kier alpha value is -2.32. The van der Waals surface area contributed by atoms with E-state index in [1.54, 1.807) is 0 Å². The van der Waals surface area contributed by atoms with Gasteiger partial charge in [0.2, 0.25) is 5.91 Å². The summed E-state index contributed by atoms with van der Waals surface area (Å²) < 4.78 is 0. The third kappa shape index (κ3) is 4.83. The van der Waals surface area contributed by atoms with Crippen molar-refractivity contribution < 1.29 is 29.7 Å². The number of Topliss-reactive ketones (excluding diaryl/α,β-unsaturated/α-hetero) is 1.